The minimum atomic E-state index is -4.36. The lowest BCUT2D eigenvalue weighted by Gasteiger charge is -2.37. The lowest BCUT2D eigenvalue weighted by Crippen LogP contribution is -2.40. The fraction of sp³-hybridized carbons (Fsp3) is 0.750. The van der Waals surface area contributed by atoms with Crippen LogP contribution >= 0.6 is 11.8 Å². The first-order chi connectivity index (χ1) is 8.99. The highest BCUT2D eigenvalue weighted by molar-refractivity contribution is 7.99. The summed E-state index contributed by atoms with van der Waals surface area (Å²) in [6.45, 7) is 0.604. The van der Waals surface area contributed by atoms with Gasteiger partial charge in [-0.3, -0.25) is 4.68 Å². The van der Waals surface area contributed by atoms with Crippen LogP contribution in [0.1, 0.15) is 31.0 Å². The van der Waals surface area contributed by atoms with Crippen molar-refractivity contribution in [3.8, 4) is 0 Å². The van der Waals surface area contributed by atoms with Crippen molar-refractivity contribution >= 4 is 11.8 Å². The molecule has 1 spiro atoms. The van der Waals surface area contributed by atoms with Crippen LogP contribution in [0, 0.1) is 0 Å². The van der Waals surface area contributed by atoms with Gasteiger partial charge in [0.1, 0.15) is 0 Å². The largest absolute Gasteiger partial charge is 0.435 e. The van der Waals surface area contributed by atoms with E-state index >= 15 is 0 Å². The van der Waals surface area contributed by atoms with Gasteiger partial charge in [-0.1, -0.05) is 0 Å². The van der Waals surface area contributed by atoms with E-state index in [4.69, 9.17) is 4.74 Å². The van der Waals surface area contributed by atoms with E-state index < -0.39 is 11.9 Å². The Labute approximate surface area is 113 Å². The molecule has 2 unspecified atom stereocenters. The first-order valence-corrected chi connectivity index (χ1v) is 7.48. The van der Waals surface area contributed by atoms with E-state index in [9.17, 15) is 13.2 Å². The summed E-state index contributed by atoms with van der Waals surface area (Å²) in [7, 11) is 0. The molecule has 0 N–H and O–H groups in total. The van der Waals surface area contributed by atoms with Gasteiger partial charge in [-0.25, -0.2) is 0 Å². The summed E-state index contributed by atoms with van der Waals surface area (Å²) in [5, 5.41) is 3.69. The normalized spacial score (nSPS) is 32.1. The predicted octanol–water partition coefficient (Wildman–Crippen LogP) is 3.13. The Bertz CT molecular complexity index is 454. The fourth-order valence-electron chi connectivity index (χ4n) is 2.78. The Morgan fingerprint density at radius 1 is 1.47 bits per heavy atom. The summed E-state index contributed by atoms with van der Waals surface area (Å²) in [5.74, 6) is 2.01. The van der Waals surface area contributed by atoms with Crippen LogP contribution < -0.4 is 0 Å². The molecule has 2 fully saturated rings. The van der Waals surface area contributed by atoms with Crippen LogP contribution in [0.15, 0.2) is 12.3 Å². The zero-order chi connectivity index (χ0) is 13.5. The minimum absolute atomic E-state index is 0.0172. The average molecular weight is 292 g/mol. The van der Waals surface area contributed by atoms with Gasteiger partial charge in [0.2, 0.25) is 0 Å². The molecule has 0 radical (unpaired) electrons. The highest BCUT2D eigenvalue weighted by Crippen LogP contribution is 2.42. The summed E-state index contributed by atoms with van der Waals surface area (Å²) < 4.78 is 45.0. The number of nitrogens with zero attached hydrogens (tertiary/aromatic N) is 2. The Balaban J connectivity index is 1.76. The molecule has 7 heteroatoms. The van der Waals surface area contributed by atoms with E-state index in [2.05, 4.69) is 5.10 Å². The molecule has 106 valence electrons. The molecule has 3 heterocycles. The molecule has 2 aliphatic rings. The molecule has 0 aromatic carbocycles. The number of hydrogen-bond donors (Lipinski definition) is 0. The number of hydrogen-bond acceptors (Lipinski definition) is 3. The lowest BCUT2D eigenvalue weighted by molar-refractivity contribution is -0.141. The predicted molar refractivity (Wildman–Crippen MR) is 66.1 cm³/mol. The second-order valence-electron chi connectivity index (χ2n) is 5.16. The summed E-state index contributed by atoms with van der Waals surface area (Å²) >= 11 is 1.85. The Hall–Kier alpha value is -0.690. The molecule has 0 saturated carbocycles. The lowest BCUT2D eigenvalue weighted by atomic mass is 9.90. The Morgan fingerprint density at radius 3 is 2.95 bits per heavy atom. The maximum atomic E-state index is 12.6. The Kier molecular flexibility index (Phi) is 3.29. The zero-order valence-electron chi connectivity index (χ0n) is 10.3. The van der Waals surface area contributed by atoms with Crippen LogP contribution in [0.2, 0.25) is 0 Å². The van der Waals surface area contributed by atoms with Crippen molar-refractivity contribution in [2.45, 2.75) is 37.1 Å². The highest BCUT2D eigenvalue weighted by Gasteiger charge is 2.42. The highest BCUT2D eigenvalue weighted by atomic mass is 32.2. The van der Waals surface area contributed by atoms with Gasteiger partial charge in [-0.05, 0) is 31.1 Å². The van der Waals surface area contributed by atoms with Crippen molar-refractivity contribution in [2.24, 2.45) is 0 Å². The third-order valence-electron chi connectivity index (χ3n) is 3.81. The van der Waals surface area contributed by atoms with Crippen molar-refractivity contribution in [2.75, 3.05) is 18.1 Å². The van der Waals surface area contributed by atoms with Gasteiger partial charge in [0.15, 0.2) is 5.69 Å². The van der Waals surface area contributed by atoms with E-state index in [1.807, 2.05) is 11.8 Å². The van der Waals surface area contributed by atoms with Crippen LogP contribution in [0.5, 0.6) is 0 Å². The number of halogens is 3. The summed E-state index contributed by atoms with van der Waals surface area (Å²) in [6.07, 6.45) is -0.447. The minimum Gasteiger partial charge on any atom is -0.374 e. The van der Waals surface area contributed by atoms with Crippen LogP contribution in [-0.4, -0.2) is 33.5 Å². The van der Waals surface area contributed by atoms with Crippen molar-refractivity contribution < 1.29 is 17.9 Å². The van der Waals surface area contributed by atoms with Gasteiger partial charge in [0.05, 0.1) is 11.6 Å². The van der Waals surface area contributed by atoms with E-state index in [1.54, 1.807) is 0 Å². The van der Waals surface area contributed by atoms with Gasteiger partial charge >= 0.3 is 6.18 Å². The topological polar surface area (TPSA) is 27.1 Å². The molecule has 2 aliphatic heterocycles. The SMILES string of the molecule is FC(F)(F)c1ccn(C2CCOC3(CCSC3)C2)n1. The van der Waals surface area contributed by atoms with Gasteiger partial charge in [0, 0.05) is 18.6 Å². The standard InChI is InChI=1S/C12H15F3N2OS/c13-12(14,15)10-1-4-17(16-10)9-2-5-18-11(7-9)3-6-19-8-11/h1,4,9H,2-3,5-8H2. The third-order valence-corrected chi connectivity index (χ3v) is 5.03. The van der Waals surface area contributed by atoms with E-state index in [0.717, 1.165) is 36.8 Å². The van der Waals surface area contributed by atoms with Gasteiger partial charge < -0.3 is 4.74 Å². The molecule has 0 amide bonds. The molecule has 0 aliphatic carbocycles. The van der Waals surface area contributed by atoms with E-state index in [1.165, 1.54) is 10.9 Å². The maximum Gasteiger partial charge on any atom is 0.435 e. The molecule has 0 bridgehead atoms. The van der Waals surface area contributed by atoms with Gasteiger partial charge in [0.25, 0.3) is 0 Å². The first-order valence-electron chi connectivity index (χ1n) is 6.33. The molecule has 2 saturated heterocycles. The molecule has 2 atom stereocenters. The van der Waals surface area contributed by atoms with Crippen LogP contribution in [0.4, 0.5) is 13.2 Å². The zero-order valence-corrected chi connectivity index (χ0v) is 11.1. The number of ether oxygens (including phenoxy) is 1. The smallest absolute Gasteiger partial charge is 0.374 e. The van der Waals surface area contributed by atoms with Crippen molar-refractivity contribution in [3.05, 3.63) is 18.0 Å². The molecule has 3 rings (SSSR count). The number of alkyl halides is 3. The number of rotatable bonds is 1. The first kappa shape index (κ1) is 13.3. The van der Waals surface area contributed by atoms with Gasteiger partial charge in [-0.2, -0.15) is 30.0 Å². The molecule has 1 aromatic heterocycles. The second kappa shape index (κ2) is 4.70. The number of aromatic nitrogens is 2. The quantitative estimate of drug-likeness (QED) is 0.795. The Morgan fingerprint density at radius 2 is 2.32 bits per heavy atom. The van der Waals surface area contributed by atoms with Crippen LogP contribution in [0.3, 0.4) is 0 Å². The number of thioether (sulfide) groups is 1. The maximum absolute atomic E-state index is 12.6. The fourth-order valence-corrected chi connectivity index (χ4v) is 4.16. The molecule has 1 aromatic rings. The van der Waals surface area contributed by atoms with Gasteiger partial charge in [-0.15, -0.1) is 0 Å². The van der Waals surface area contributed by atoms with Crippen LogP contribution in [-0.2, 0) is 10.9 Å². The van der Waals surface area contributed by atoms with E-state index in [0.29, 0.717) is 6.61 Å². The van der Waals surface area contributed by atoms with Crippen molar-refractivity contribution in [1.82, 2.24) is 9.78 Å². The second-order valence-corrected chi connectivity index (χ2v) is 6.26. The molecular weight excluding hydrogens is 277 g/mol. The summed E-state index contributed by atoms with van der Waals surface area (Å²) in [4.78, 5) is 0. The molecule has 3 nitrogen and oxygen atoms in total. The molecule has 19 heavy (non-hydrogen) atoms. The summed E-state index contributed by atoms with van der Waals surface area (Å²) in [5.41, 5.74) is -0.952. The molecular formula is C12H15F3N2OS. The summed E-state index contributed by atoms with van der Waals surface area (Å²) in [6, 6.07) is 1.06. The van der Waals surface area contributed by atoms with Crippen LogP contribution in [0.25, 0.3) is 0 Å². The van der Waals surface area contributed by atoms with E-state index in [-0.39, 0.29) is 11.6 Å². The van der Waals surface area contributed by atoms with Crippen molar-refractivity contribution in [3.63, 3.8) is 0 Å². The average Bonchev–Trinajstić information content (AvgIpc) is 2.98. The monoisotopic (exact) mass is 292 g/mol. The van der Waals surface area contributed by atoms with Crippen molar-refractivity contribution in [1.29, 1.82) is 0 Å². The third kappa shape index (κ3) is 2.63.